The second-order valence-electron chi connectivity index (χ2n) is 2.73. The Labute approximate surface area is 81.6 Å². The molecule has 0 aromatic heterocycles. The van der Waals surface area contributed by atoms with Crippen molar-refractivity contribution in [1.29, 1.82) is 0 Å². The van der Waals surface area contributed by atoms with E-state index in [9.17, 15) is 9.59 Å². The summed E-state index contributed by atoms with van der Waals surface area (Å²) in [7, 11) is 0. The second kappa shape index (κ2) is 4.53. The lowest BCUT2D eigenvalue weighted by Crippen LogP contribution is -2.14. The number of hydrogen-bond acceptors (Lipinski definition) is 4. The Morgan fingerprint density at radius 1 is 1.29 bits per heavy atom. The summed E-state index contributed by atoms with van der Waals surface area (Å²) in [5.41, 5.74) is 0.562. The maximum atomic E-state index is 11.4. The monoisotopic (exact) mass is 193 g/mol. The van der Waals surface area contributed by atoms with E-state index in [1.54, 1.807) is 25.1 Å². The lowest BCUT2D eigenvalue weighted by molar-refractivity contribution is 0.0500. The lowest BCUT2D eigenvalue weighted by atomic mass is 10.0. The summed E-state index contributed by atoms with van der Waals surface area (Å²) in [5.74, 6) is 3.96. The highest BCUT2D eigenvalue weighted by Gasteiger charge is 2.15. The minimum atomic E-state index is -0.692. The molecule has 1 rings (SSSR count). The van der Waals surface area contributed by atoms with Crippen molar-refractivity contribution in [1.82, 2.24) is 0 Å². The zero-order valence-corrected chi connectivity index (χ0v) is 7.82. The van der Waals surface area contributed by atoms with E-state index in [2.05, 4.69) is 4.84 Å². The van der Waals surface area contributed by atoms with Gasteiger partial charge < -0.3 is 4.84 Å². The minimum absolute atomic E-state index is 0.106. The Balaban J connectivity index is 3.15. The van der Waals surface area contributed by atoms with Crippen molar-refractivity contribution in [3.8, 4) is 0 Å². The van der Waals surface area contributed by atoms with Gasteiger partial charge in [0.05, 0.1) is 5.56 Å². The standard InChI is InChI=1S/C10H11NO3/c1-2-9(12)7-5-3-4-6-8(7)10(13)14-11/h3-6H,2,11H2,1H3. The highest BCUT2D eigenvalue weighted by atomic mass is 16.7. The van der Waals surface area contributed by atoms with Gasteiger partial charge in [-0.05, 0) is 6.07 Å². The molecule has 0 atom stereocenters. The van der Waals surface area contributed by atoms with Gasteiger partial charge in [0, 0.05) is 12.0 Å². The molecule has 0 aliphatic rings. The molecule has 1 aromatic rings. The molecule has 4 nitrogen and oxygen atoms in total. The molecule has 0 radical (unpaired) electrons. The molecule has 0 amide bonds. The first-order valence-electron chi connectivity index (χ1n) is 4.24. The van der Waals surface area contributed by atoms with Crippen LogP contribution in [-0.2, 0) is 4.84 Å². The maximum Gasteiger partial charge on any atom is 0.357 e. The van der Waals surface area contributed by atoms with Crippen molar-refractivity contribution in [2.75, 3.05) is 0 Å². The van der Waals surface area contributed by atoms with Gasteiger partial charge in [0.2, 0.25) is 0 Å². The zero-order chi connectivity index (χ0) is 10.6. The zero-order valence-electron chi connectivity index (χ0n) is 7.82. The first-order valence-corrected chi connectivity index (χ1v) is 4.24. The largest absolute Gasteiger partial charge is 0.370 e. The minimum Gasteiger partial charge on any atom is -0.370 e. The summed E-state index contributed by atoms with van der Waals surface area (Å²) >= 11 is 0. The van der Waals surface area contributed by atoms with E-state index < -0.39 is 5.97 Å². The fourth-order valence-corrected chi connectivity index (χ4v) is 1.16. The van der Waals surface area contributed by atoms with E-state index in [1.165, 1.54) is 6.07 Å². The third kappa shape index (κ3) is 1.97. The van der Waals surface area contributed by atoms with Crippen LogP contribution in [0.4, 0.5) is 0 Å². The highest BCUT2D eigenvalue weighted by Crippen LogP contribution is 2.11. The van der Waals surface area contributed by atoms with Crippen molar-refractivity contribution in [3.63, 3.8) is 0 Å². The number of ketones is 1. The predicted molar refractivity (Wildman–Crippen MR) is 50.7 cm³/mol. The van der Waals surface area contributed by atoms with Gasteiger partial charge in [-0.25, -0.2) is 4.79 Å². The van der Waals surface area contributed by atoms with Gasteiger partial charge in [0.15, 0.2) is 5.78 Å². The third-order valence-electron chi connectivity index (χ3n) is 1.88. The molecule has 4 heteroatoms. The van der Waals surface area contributed by atoms with E-state index in [0.29, 0.717) is 12.0 Å². The van der Waals surface area contributed by atoms with Gasteiger partial charge in [-0.1, -0.05) is 25.1 Å². The molecule has 14 heavy (non-hydrogen) atoms. The Morgan fingerprint density at radius 3 is 2.36 bits per heavy atom. The van der Waals surface area contributed by atoms with Gasteiger partial charge in [-0.3, -0.25) is 4.79 Å². The fourth-order valence-electron chi connectivity index (χ4n) is 1.16. The van der Waals surface area contributed by atoms with Crippen LogP contribution in [0.3, 0.4) is 0 Å². The van der Waals surface area contributed by atoms with Crippen LogP contribution in [0, 0.1) is 0 Å². The number of nitrogens with two attached hydrogens (primary N) is 1. The van der Waals surface area contributed by atoms with Gasteiger partial charge in [-0.2, -0.15) is 5.90 Å². The lowest BCUT2D eigenvalue weighted by Gasteiger charge is -2.04. The molecule has 0 aliphatic carbocycles. The van der Waals surface area contributed by atoms with E-state index in [0.717, 1.165) is 0 Å². The average molecular weight is 193 g/mol. The van der Waals surface area contributed by atoms with Gasteiger partial charge >= 0.3 is 5.97 Å². The fraction of sp³-hybridized carbons (Fsp3) is 0.200. The summed E-state index contributed by atoms with van der Waals surface area (Å²) in [6, 6.07) is 6.44. The Hall–Kier alpha value is -1.68. The molecule has 0 unspecified atom stereocenters. The number of benzene rings is 1. The molecule has 0 fully saturated rings. The van der Waals surface area contributed by atoms with E-state index in [-0.39, 0.29) is 11.3 Å². The van der Waals surface area contributed by atoms with Gasteiger partial charge in [0.1, 0.15) is 0 Å². The third-order valence-corrected chi connectivity index (χ3v) is 1.88. The van der Waals surface area contributed by atoms with Crippen LogP contribution >= 0.6 is 0 Å². The molecule has 0 aliphatic heterocycles. The molecule has 0 bridgehead atoms. The topological polar surface area (TPSA) is 69.4 Å². The number of rotatable bonds is 3. The van der Waals surface area contributed by atoms with Crippen molar-refractivity contribution < 1.29 is 14.4 Å². The molecule has 0 spiro atoms. The Bertz CT molecular complexity index is 325. The molecule has 74 valence electrons. The molecule has 0 heterocycles. The van der Waals surface area contributed by atoms with Crippen LogP contribution in [0.2, 0.25) is 0 Å². The summed E-state index contributed by atoms with van der Waals surface area (Å²) < 4.78 is 0. The SMILES string of the molecule is CCC(=O)c1ccccc1C(=O)ON. The normalized spacial score (nSPS) is 9.57. The first-order chi connectivity index (χ1) is 6.70. The van der Waals surface area contributed by atoms with E-state index in [1.807, 2.05) is 0 Å². The maximum absolute atomic E-state index is 11.4. The number of Topliss-reactive ketones (excluding diaryl/α,β-unsaturated/α-hetero) is 1. The second-order valence-corrected chi connectivity index (χ2v) is 2.73. The summed E-state index contributed by atoms with van der Waals surface area (Å²) in [6.45, 7) is 1.73. The molecular formula is C10H11NO3. The van der Waals surface area contributed by atoms with E-state index >= 15 is 0 Å². The van der Waals surface area contributed by atoms with Gasteiger partial charge in [0.25, 0.3) is 0 Å². The van der Waals surface area contributed by atoms with E-state index in [4.69, 9.17) is 5.90 Å². The predicted octanol–water partition coefficient (Wildman–Crippen LogP) is 1.31. The van der Waals surface area contributed by atoms with Crippen LogP contribution in [-0.4, -0.2) is 11.8 Å². The average Bonchev–Trinajstić information content (AvgIpc) is 2.27. The first kappa shape index (κ1) is 10.4. The van der Waals surface area contributed by atoms with Crippen LogP contribution in [0.5, 0.6) is 0 Å². The number of hydrogen-bond donors (Lipinski definition) is 1. The summed E-state index contributed by atoms with van der Waals surface area (Å²) in [5, 5.41) is 0. The van der Waals surface area contributed by atoms with Crippen molar-refractivity contribution >= 4 is 11.8 Å². The van der Waals surface area contributed by atoms with Crippen molar-refractivity contribution in [3.05, 3.63) is 35.4 Å². The molecule has 0 saturated carbocycles. The summed E-state index contributed by atoms with van der Waals surface area (Å²) in [4.78, 5) is 26.6. The quantitative estimate of drug-likeness (QED) is 0.580. The highest BCUT2D eigenvalue weighted by molar-refractivity contribution is 6.06. The molecule has 2 N–H and O–H groups in total. The van der Waals surface area contributed by atoms with Crippen LogP contribution in [0.25, 0.3) is 0 Å². The molecular weight excluding hydrogens is 182 g/mol. The van der Waals surface area contributed by atoms with Crippen molar-refractivity contribution in [2.24, 2.45) is 5.90 Å². The van der Waals surface area contributed by atoms with Crippen LogP contribution < -0.4 is 5.90 Å². The number of carbonyl (C=O) groups is 2. The van der Waals surface area contributed by atoms with Gasteiger partial charge in [-0.15, -0.1) is 0 Å². The Morgan fingerprint density at radius 2 is 1.86 bits per heavy atom. The summed E-state index contributed by atoms with van der Waals surface area (Å²) in [6.07, 6.45) is 0.342. The Kier molecular flexibility index (Phi) is 3.36. The van der Waals surface area contributed by atoms with Crippen molar-refractivity contribution in [2.45, 2.75) is 13.3 Å². The number of carbonyl (C=O) groups excluding carboxylic acids is 2. The van der Waals surface area contributed by atoms with Crippen LogP contribution in [0.15, 0.2) is 24.3 Å². The smallest absolute Gasteiger partial charge is 0.357 e. The molecule has 0 saturated heterocycles. The van der Waals surface area contributed by atoms with Crippen LogP contribution in [0.1, 0.15) is 34.1 Å². The molecule has 1 aromatic carbocycles.